The molecule has 1 fully saturated rings. The second kappa shape index (κ2) is 8.55. The van der Waals surface area contributed by atoms with E-state index >= 15 is 0 Å². The Morgan fingerprint density at radius 1 is 1.10 bits per heavy atom. The van der Waals surface area contributed by atoms with E-state index in [1.165, 1.54) is 25.7 Å². The van der Waals surface area contributed by atoms with E-state index in [0.29, 0.717) is 36.1 Å². The van der Waals surface area contributed by atoms with Crippen molar-refractivity contribution in [3.63, 3.8) is 0 Å². The van der Waals surface area contributed by atoms with Crippen LogP contribution < -0.4 is 14.8 Å². The lowest BCUT2D eigenvalue weighted by atomic mass is 10.1. The fraction of sp³-hybridized carbons (Fsp3) is 0.391. The highest BCUT2D eigenvalue weighted by molar-refractivity contribution is 5.97. The molecule has 0 aliphatic heterocycles. The van der Waals surface area contributed by atoms with Crippen LogP contribution in [0.4, 0.5) is 0 Å². The van der Waals surface area contributed by atoms with E-state index in [2.05, 4.69) is 14.9 Å². The Morgan fingerprint density at radius 3 is 2.66 bits per heavy atom. The van der Waals surface area contributed by atoms with Gasteiger partial charge in [-0.1, -0.05) is 18.9 Å². The van der Waals surface area contributed by atoms with Gasteiger partial charge in [-0.15, -0.1) is 0 Å². The van der Waals surface area contributed by atoms with Gasteiger partial charge in [0.15, 0.2) is 11.5 Å². The van der Waals surface area contributed by atoms with Gasteiger partial charge in [0.1, 0.15) is 0 Å². The smallest absolute Gasteiger partial charge is 0.251 e. The maximum Gasteiger partial charge on any atom is 0.251 e. The fourth-order valence-electron chi connectivity index (χ4n) is 4.10. The van der Waals surface area contributed by atoms with Crippen LogP contribution in [0, 0.1) is 0 Å². The van der Waals surface area contributed by atoms with Gasteiger partial charge in [0.25, 0.3) is 5.91 Å². The molecular weight excluding hydrogens is 366 g/mol. The summed E-state index contributed by atoms with van der Waals surface area (Å²) in [6.07, 6.45) is 7.62. The molecule has 3 aromatic rings. The SMILES string of the molecule is COc1ccc(CCNC(=O)c2ccc3c(c2)ncn3C2CCCC2)cc1OC. The number of aromatic nitrogens is 2. The average molecular weight is 393 g/mol. The summed E-state index contributed by atoms with van der Waals surface area (Å²) in [4.78, 5) is 17.1. The summed E-state index contributed by atoms with van der Waals surface area (Å²) >= 11 is 0. The molecule has 29 heavy (non-hydrogen) atoms. The Balaban J connectivity index is 1.39. The molecule has 1 heterocycles. The predicted molar refractivity (Wildman–Crippen MR) is 113 cm³/mol. The lowest BCUT2D eigenvalue weighted by Gasteiger charge is -2.12. The highest BCUT2D eigenvalue weighted by Crippen LogP contribution is 2.32. The van der Waals surface area contributed by atoms with Crippen LogP contribution in [-0.2, 0) is 6.42 Å². The number of hydrogen-bond donors (Lipinski definition) is 1. The lowest BCUT2D eigenvalue weighted by molar-refractivity contribution is 0.0954. The molecule has 0 radical (unpaired) electrons. The summed E-state index contributed by atoms with van der Waals surface area (Å²) in [7, 11) is 3.24. The quantitative estimate of drug-likeness (QED) is 0.655. The van der Waals surface area contributed by atoms with Crippen molar-refractivity contribution in [2.45, 2.75) is 38.1 Å². The van der Waals surface area contributed by atoms with Crippen molar-refractivity contribution in [2.24, 2.45) is 0 Å². The number of rotatable bonds is 7. The standard InChI is InChI=1S/C23H27N3O3/c1-28-21-10-7-16(13-22(21)29-2)11-12-24-23(27)17-8-9-20-19(14-17)25-15-26(20)18-5-3-4-6-18/h7-10,13-15,18H,3-6,11-12H2,1-2H3,(H,24,27). The summed E-state index contributed by atoms with van der Waals surface area (Å²) in [6, 6.07) is 12.1. The molecule has 152 valence electrons. The largest absolute Gasteiger partial charge is 0.493 e. The van der Waals surface area contributed by atoms with Gasteiger partial charge in [0.05, 0.1) is 31.6 Å². The van der Waals surface area contributed by atoms with Gasteiger partial charge in [-0.2, -0.15) is 0 Å². The summed E-state index contributed by atoms with van der Waals surface area (Å²) in [5.74, 6) is 1.31. The number of nitrogens with one attached hydrogen (secondary N) is 1. The topological polar surface area (TPSA) is 65.4 Å². The van der Waals surface area contributed by atoms with Gasteiger partial charge in [0.2, 0.25) is 0 Å². The molecule has 0 atom stereocenters. The van der Waals surface area contributed by atoms with Crippen molar-refractivity contribution in [1.82, 2.24) is 14.9 Å². The number of benzene rings is 2. The van der Waals surface area contributed by atoms with E-state index in [9.17, 15) is 4.79 Å². The van der Waals surface area contributed by atoms with Crippen molar-refractivity contribution in [1.29, 1.82) is 0 Å². The molecule has 4 rings (SSSR count). The van der Waals surface area contributed by atoms with Gasteiger partial charge < -0.3 is 19.4 Å². The molecule has 6 heteroatoms. The van der Waals surface area contributed by atoms with E-state index in [1.54, 1.807) is 14.2 Å². The first-order valence-corrected chi connectivity index (χ1v) is 10.2. The zero-order valence-electron chi connectivity index (χ0n) is 17.0. The zero-order valence-corrected chi connectivity index (χ0v) is 17.0. The first-order valence-electron chi connectivity index (χ1n) is 10.2. The summed E-state index contributed by atoms with van der Waals surface area (Å²) in [6.45, 7) is 0.545. The van der Waals surface area contributed by atoms with Crippen LogP contribution >= 0.6 is 0 Å². The van der Waals surface area contributed by atoms with Gasteiger partial charge in [-0.05, 0) is 55.2 Å². The van der Waals surface area contributed by atoms with Crippen LogP contribution in [0.15, 0.2) is 42.7 Å². The first-order chi connectivity index (χ1) is 14.2. The minimum absolute atomic E-state index is 0.0807. The van der Waals surface area contributed by atoms with E-state index in [1.807, 2.05) is 42.7 Å². The van der Waals surface area contributed by atoms with Crippen molar-refractivity contribution in [3.8, 4) is 11.5 Å². The fourth-order valence-corrected chi connectivity index (χ4v) is 4.10. The molecule has 1 N–H and O–H groups in total. The van der Waals surface area contributed by atoms with Crippen LogP contribution in [0.25, 0.3) is 11.0 Å². The Hall–Kier alpha value is -3.02. The van der Waals surface area contributed by atoms with E-state index in [-0.39, 0.29) is 5.91 Å². The molecule has 0 bridgehead atoms. The molecule has 0 saturated heterocycles. The van der Waals surface area contributed by atoms with Gasteiger partial charge in [-0.25, -0.2) is 4.98 Å². The number of carbonyl (C=O) groups is 1. The van der Waals surface area contributed by atoms with E-state index < -0.39 is 0 Å². The molecule has 2 aromatic carbocycles. The number of fused-ring (bicyclic) bond motifs is 1. The zero-order chi connectivity index (χ0) is 20.2. The number of amides is 1. The monoisotopic (exact) mass is 393 g/mol. The summed E-state index contributed by atoms with van der Waals surface area (Å²) in [5.41, 5.74) is 3.71. The first kappa shape index (κ1) is 19.3. The molecule has 1 saturated carbocycles. The van der Waals surface area contributed by atoms with E-state index in [0.717, 1.165) is 16.6 Å². The van der Waals surface area contributed by atoms with Crippen molar-refractivity contribution >= 4 is 16.9 Å². The lowest BCUT2D eigenvalue weighted by Crippen LogP contribution is -2.25. The van der Waals surface area contributed by atoms with E-state index in [4.69, 9.17) is 9.47 Å². The molecule has 1 aliphatic carbocycles. The van der Waals surface area contributed by atoms with Crippen molar-refractivity contribution in [3.05, 3.63) is 53.9 Å². The maximum absolute atomic E-state index is 12.6. The molecule has 0 unspecified atom stereocenters. The number of ether oxygens (including phenoxy) is 2. The third-order valence-corrected chi connectivity index (χ3v) is 5.70. The van der Waals surface area contributed by atoms with Gasteiger partial charge in [-0.3, -0.25) is 4.79 Å². The number of carbonyl (C=O) groups excluding carboxylic acids is 1. The van der Waals surface area contributed by atoms with Gasteiger partial charge >= 0.3 is 0 Å². The number of nitrogens with zero attached hydrogens (tertiary/aromatic N) is 2. The molecule has 1 aliphatic rings. The summed E-state index contributed by atoms with van der Waals surface area (Å²) < 4.78 is 12.9. The Kier molecular flexibility index (Phi) is 5.69. The van der Waals surface area contributed by atoms with Crippen molar-refractivity contribution in [2.75, 3.05) is 20.8 Å². The summed E-state index contributed by atoms with van der Waals surface area (Å²) in [5, 5.41) is 2.99. The second-order valence-corrected chi connectivity index (χ2v) is 7.49. The maximum atomic E-state index is 12.6. The number of imidazole rings is 1. The molecule has 1 amide bonds. The minimum Gasteiger partial charge on any atom is -0.493 e. The third-order valence-electron chi connectivity index (χ3n) is 5.70. The highest BCUT2D eigenvalue weighted by atomic mass is 16.5. The Morgan fingerprint density at radius 2 is 1.90 bits per heavy atom. The Bertz CT molecular complexity index is 1010. The van der Waals surface area contributed by atoms with Crippen LogP contribution in [-0.4, -0.2) is 36.2 Å². The predicted octanol–water partition coefficient (Wildman–Crippen LogP) is 4.14. The van der Waals surface area contributed by atoms with Crippen LogP contribution in [0.2, 0.25) is 0 Å². The minimum atomic E-state index is -0.0807. The molecular formula is C23H27N3O3. The van der Waals surface area contributed by atoms with Crippen LogP contribution in [0.1, 0.15) is 47.6 Å². The number of methoxy groups -OCH3 is 2. The van der Waals surface area contributed by atoms with Crippen molar-refractivity contribution < 1.29 is 14.3 Å². The van der Waals surface area contributed by atoms with Crippen LogP contribution in [0.5, 0.6) is 11.5 Å². The Labute approximate surface area is 170 Å². The van der Waals surface area contributed by atoms with Crippen LogP contribution in [0.3, 0.4) is 0 Å². The normalized spacial score (nSPS) is 14.3. The average Bonchev–Trinajstić information content (AvgIpc) is 3.42. The highest BCUT2D eigenvalue weighted by Gasteiger charge is 2.19. The van der Waals surface area contributed by atoms with Gasteiger partial charge in [0, 0.05) is 18.2 Å². The molecule has 6 nitrogen and oxygen atoms in total. The second-order valence-electron chi connectivity index (χ2n) is 7.49. The number of hydrogen-bond acceptors (Lipinski definition) is 4. The third kappa shape index (κ3) is 4.06. The molecule has 0 spiro atoms. The molecule has 1 aromatic heterocycles.